The number of cyclic esters (lactones) is 1. The number of carbonyl (C=O) groups is 2. The molecule has 0 bridgehead atoms. The molecular weight excluding hydrogens is 338 g/mol. The van der Waals surface area contributed by atoms with Gasteiger partial charge in [-0.1, -0.05) is 54.6 Å². The molecule has 4 rings (SSSR count). The van der Waals surface area contributed by atoms with Gasteiger partial charge in [-0.05, 0) is 42.5 Å². The lowest BCUT2D eigenvalue weighted by Gasteiger charge is -2.24. The number of benzene rings is 2. The van der Waals surface area contributed by atoms with Crippen molar-refractivity contribution < 1.29 is 14.3 Å². The molecule has 2 aromatic carbocycles. The molecule has 2 atom stereocenters. The van der Waals surface area contributed by atoms with Crippen molar-refractivity contribution in [3.05, 3.63) is 77.9 Å². The van der Waals surface area contributed by atoms with E-state index in [4.69, 9.17) is 4.74 Å². The highest BCUT2D eigenvalue weighted by molar-refractivity contribution is 5.92. The number of fused-ring (bicyclic) bond motifs is 1. The van der Waals surface area contributed by atoms with Gasteiger partial charge in [-0.25, -0.2) is 0 Å². The lowest BCUT2D eigenvalue weighted by atomic mass is 9.75. The van der Waals surface area contributed by atoms with E-state index in [1.54, 1.807) is 0 Å². The molecule has 2 aliphatic rings. The molecule has 1 amide bonds. The van der Waals surface area contributed by atoms with Crippen molar-refractivity contribution in [1.29, 1.82) is 0 Å². The zero-order chi connectivity index (χ0) is 18.9. The van der Waals surface area contributed by atoms with Crippen LogP contribution in [0.25, 0.3) is 0 Å². The molecule has 1 aliphatic heterocycles. The van der Waals surface area contributed by atoms with Gasteiger partial charge in [0.05, 0.1) is 18.4 Å². The fourth-order valence-corrected chi connectivity index (χ4v) is 4.32. The molecule has 2 fully saturated rings. The minimum atomic E-state index is -0.449. The Morgan fingerprint density at radius 3 is 2.59 bits per heavy atom. The molecule has 4 heteroatoms. The molecule has 1 N–H and O–H groups in total. The first kappa shape index (κ1) is 17.5. The van der Waals surface area contributed by atoms with Crippen LogP contribution in [0, 0.1) is 11.3 Å². The number of allylic oxidation sites excluding steroid dienone is 1. The maximum atomic E-state index is 12.4. The van der Waals surface area contributed by atoms with Gasteiger partial charge in [0.1, 0.15) is 0 Å². The van der Waals surface area contributed by atoms with Crippen LogP contribution in [0.15, 0.2) is 66.7 Å². The van der Waals surface area contributed by atoms with Crippen LogP contribution in [0.4, 0.5) is 5.69 Å². The Morgan fingerprint density at radius 1 is 1.11 bits per heavy atom. The van der Waals surface area contributed by atoms with Crippen LogP contribution < -0.4 is 5.32 Å². The molecule has 2 unspecified atom stereocenters. The summed E-state index contributed by atoms with van der Waals surface area (Å²) < 4.78 is 5.34. The fourth-order valence-electron chi connectivity index (χ4n) is 4.32. The van der Waals surface area contributed by atoms with Gasteiger partial charge >= 0.3 is 5.97 Å². The van der Waals surface area contributed by atoms with Gasteiger partial charge < -0.3 is 10.1 Å². The van der Waals surface area contributed by atoms with E-state index in [9.17, 15) is 9.59 Å². The lowest BCUT2D eigenvalue weighted by Crippen LogP contribution is -2.31. The van der Waals surface area contributed by atoms with Crippen molar-refractivity contribution in [1.82, 2.24) is 0 Å². The van der Waals surface area contributed by atoms with E-state index in [-0.39, 0.29) is 17.8 Å². The monoisotopic (exact) mass is 361 g/mol. The number of carbonyl (C=O) groups excluding carboxylic acids is 2. The molecular formula is C23H23NO3. The number of rotatable bonds is 5. The summed E-state index contributed by atoms with van der Waals surface area (Å²) in [4.78, 5) is 24.6. The second kappa shape index (κ2) is 7.03. The predicted molar refractivity (Wildman–Crippen MR) is 104 cm³/mol. The fraction of sp³-hybridized carbons (Fsp3) is 0.304. The number of ether oxygens (including phenoxy) is 1. The summed E-state index contributed by atoms with van der Waals surface area (Å²) in [5, 5.41) is 2.93. The van der Waals surface area contributed by atoms with E-state index >= 15 is 0 Å². The first-order valence-electron chi connectivity index (χ1n) is 9.32. The largest absolute Gasteiger partial charge is 0.465 e. The number of nitrogens with one attached hydrogen (secondary N) is 1. The topological polar surface area (TPSA) is 55.4 Å². The van der Waals surface area contributed by atoms with Gasteiger partial charge in [-0.3, -0.25) is 9.59 Å². The summed E-state index contributed by atoms with van der Waals surface area (Å²) >= 11 is 0. The van der Waals surface area contributed by atoms with Crippen molar-refractivity contribution in [2.45, 2.75) is 25.7 Å². The number of anilines is 1. The predicted octanol–water partition coefficient (Wildman–Crippen LogP) is 3.92. The van der Waals surface area contributed by atoms with Crippen molar-refractivity contribution in [2.24, 2.45) is 11.3 Å². The number of amides is 1. The minimum absolute atomic E-state index is 0.0425. The molecule has 0 spiro atoms. The Kier molecular flexibility index (Phi) is 4.56. The number of hydrogen-bond donors (Lipinski definition) is 1. The Bertz CT molecular complexity index is 872. The summed E-state index contributed by atoms with van der Waals surface area (Å²) in [6.45, 7) is 4.59. The van der Waals surface area contributed by atoms with Gasteiger partial charge in [0.2, 0.25) is 5.91 Å². The average molecular weight is 361 g/mol. The maximum absolute atomic E-state index is 12.4. The van der Waals surface area contributed by atoms with Gasteiger partial charge in [0.25, 0.3) is 0 Å². The first-order chi connectivity index (χ1) is 13.0. The normalized spacial score (nSPS) is 23.8. The first-order valence-corrected chi connectivity index (χ1v) is 9.32. The second-order valence-electron chi connectivity index (χ2n) is 7.67. The van der Waals surface area contributed by atoms with E-state index < -0.39 is 5.41 Å². The third-order valence-corrected chi connectivity index (χ3v) is 5.67. The van der Waals surface area contributed by atoms with E-state index in [0.29, 0.717) is 25.9 Å². The SMILES string of the molecule is C=C1CC2COC(=O)C2(Cc2ccc(NC(=O)Cc3ccccc3)cc2)C1. The maximum Gasteiger partial charge on any atom is 0.313 e. The molecule has 138 valence electrons. The molecule has 4 nitrogen and oxygen atoms in total. The Balaban J connectivity index is 1.41. The highest BCUT2D eigenvalue weighted by Gasteiger charge is 2.55. The standard InChI is InChI=1S/C23H23NO3/c1-16-11-19-15-27-22(26)23(19,13-16)14-18-7-9-20(10-8-18)24-21(25)12-17-5-3-2-4-6-17/h2-10,19H,1,11-15H2,(H,24,25). The Morgan fingerprint density at radius 2 is 1.85 bits per heavy atom. The van der Waals surface area contributed by atoms with Crippen LogP contribution in [0.1, 0.15) is 24.0 Å². The van der Waals surface area contributed by atoms with Crippen LogP contribution in [0.5, 0.6) is 0 Å². The average Bonchev–Trinajstić information content (AvgIpc) is 3.12. The van der Waals surface area contributed by atoms with Gasteiger partial charge in [-0.15, -0.1) is 0 Å². The molecule has 27 heavy (non-hydrogen) atoms. The number of hydrogen-bond acceptors (Lipinski definition) is 3. The number of esters is 1. The van der Waals surface area contributed by atoms with Gasteiger partial charge in [-0.2, -0.15) is 0 Å². The van der Waals surface area contributed by atoms with E-state index in [2.05, 4.69) is 11.9 Å². The van der Waals surface area contributed by atoms with Crippen LogP contribution in [0.3, 0.4) is 0 Å². The quantitative estimate of drug-likeness (QED) is 0.649. The van der Waals surface area contributed by atoms with Crippen molar-refractivity contribution >= 4 is 17.6 Å². The van der Waals surface area contributed by atoms with Crippen molar-refractivity contribution in [3.63, 3.8) is 0 Å². The zero-order valence-corrected chi connectivity index (χ0v) is 15.2. The second-order valence-corrected chi connectivity index (χ2v) is 7.67. The van der Waals surface area contributed by atoms with Crippen LogP contribution in [-0.4, -0.2) is 18.5 Å². The summed E-state index contributed by atoms with van der Waals surface area (Å²) in [6, 6.07) is 17.4. The molecule has 1 heterocycles. The highest BCUT2D eigenvalue weighted by Crippen LogP contribution is 2.52. The van der Waals surface area contributed by atoms with E-state index in [0.717, 1.165) is 28.8 Å². The summed E-state index contributed by atoms with van der Waals surface area (Å²) in [5.74, 6) is 0.105. The lowest BCUT2D eigenvalue weighted by molar-refractivity contribution is -0.146. The Hall–Kier alpha value is -2.88. The van der Waals surface area contributed by atoms with Crippen molar-refractivity contribution in [3.8, 4) is 0 Å². The molecule has 0 aromatic heterocycles. The van der Waals surface area contributed by atoms with Crippen LogP contribution in [-0.2, 0) is 27.2 Å². The highest BCUT2D eigenvalue weighted by atomic mass is 16.5. The van der Waals surface area contributed by atoms with Gasteiger partial charge in [0.15, 0.2) is 0 Å². The zero-order valence-electron chi connectivity index (χ0n) is 15.2. The summed E-state index contributed by atoms with van der Waals surface area (Å²) in [6.07, 6.45) is 2.60. The summed E-state index contributed by atoms with van der Waals surface area (Å²) in [7, 11) is 0. The van der Waals surface area contributed by atoms with Crippen molar-refractivity contribution in [2.75, 3.05) is 11.9 Å². The molecule has 2 aromatic rings. The van der Waals surface area contributed by atoms with E-state index in [1.807, 2.05) is 54.6 Å². The summed E-state index contributed by atoms with van der Waals surface area (Å²) in [5.41, 5.74) is 3.52. The third kappa shape index (κ3) is 3.52. The molecule has 1 saturated heterocycles. The van der Waals surface area contributed by atoms with Crippen LogP contribution in [0.2, 0.25) is 0 Å². The minimum Gasteiger partial charge on any atom is -0.465 e. The third-order valence-electron chi connectivity index (χ3n) is 5.67. The Labute approximate surface area is 159 Å². The molecule has 1 aliphatic carbocycles. The molecule has 0 radical (unpaired) electrons. The van der Waals surface area contributed by atoms with E-state index in [1.165, 1.54) is 0 Å². The van der Waals surface area contributed by atoms with Gasteiger partial charge in [0, 0.05) is 11.6 Å². The smallest absolute Gasteiger partial charge is 0.313 e. The van der Waals surface area contributed by atoms with Crippen LogP contribution >= 0.6 is 0 Å². The molecule has 1 saturated carbocycles.